The van der Waals surface area contributed by atoms with E-state index in [-0.39, 0.29) is 41.6 Å². The zero-order chi connectivity index (χ0) is 27.2. The molecule has 2 bridgehead atoms. The van der Waals surface area contributed by atoms with Crippen LogP contribution in [0.5, 0.6) is 0 Å². The maximum absolute atomic E-state index is 14.7. The number of carbonyl (C=O) groups excluding carboxylic acids is 3. The molecular formula is C29H33BrN2O5S. The molecule has 38 heavy (non-hydrogen) atoms. The van der Waals surface area contributed by atoms with Crippen LogP contribution in [0.25, 0.3) is 10.8 Å². The second kappa shape index (κ2) is 10.7. The highest BCUT2D eigenvalue weighted by atomic mass is 79.9. The van der Waals surface area contributed by atoms with E-state index in [1.54, 1.807) is 34.6 Å². The van der Waals surface area contributed by atoms with Gasteiger partial charge in [0.1, 0.15) is 6.04 Å². The number of hydrogen-bond acceptors (Lipinski definition) is 6. The molecule has 0 aliphatic carbocycles. The Hall–Kier alpha value is -2.36. The minimum atomic E-state index is -0.835. The molecule has 1 N–H and O–H groups in total. The zero-order valence-electron chi connectivity index (χ0n) is 21.6. The third-order valence-electron chi connectivity index (χ3n) is 8.22. The topological polar surface area (TPSA) is 87.2 Å². The van der Waals surface area contributed by atoms with E-state index < -0.39 is 34.6 Å². The summed E-state index contributed by atoms with van der Waals surface area (Å²) in [6, 6.07) is 12.5. The zero-order valence-corrected chi connectivity index (χ0v) is 24.0. The van der Waals surface area contributed by atoms with Gasteiger partial charge in [-0.15, -0.1) is 18.3 Å². The number of alkyl halides is 1. The summed E-state index contributed by atoms with van der Waals surface area (Å²) in [6.07, 6.45) is 2.74. The summed E-state index contributed by atoms with van der Waals surface area (Å²) in [7, 11) is 0. The second-order valence-corrected chi connectivity index (χ2v) is 12.9. The van der Waals surface area contributed by atoms with Gasteiger partial charge in [-0.25, -0.2) is 0 Å². The standard InChI is InChI=1S/C29H33BrN2O5S/c1-4-13-31(20-12-11-17-9-7-8-10-18(17)14-20)27(35)25-29-15-21(30)24(38-29)22(28(36)37-6-3)23(29)26(34)32(25)19(5-2)16-33/h4,7-12,14,19,21-25,33H,1,5-6,13,15-16H2,2-3H3/t19-,21?,22+,23-,24+,25?,29?/m0/s1. The molecular weight excluding hydrogens is 568 g/mol. The van der Waals surface area contributed by atoms with Crippen LogP contribution in [0, 0.1) is 11.8 Å². The second-order valence-electron chi connectivity index (χ2n) is 10.2. The van der Waals surface area contributed by atoms with Crippen molar-refractivity contribution in [1.29, 1.82) is 0 Å². The van der Waals surface area contributed by atoms with Crippen LogP contribution in [0.1, 0.15) is 26.7 Å². The highest BCUT2D eigenvalue weighted by Crippen LogP contribution is 2.68. The third kappa shape index (κ3) is 4.09. The summed E-state index contributed by atoms with van der Waals surface area (Å²) in [4.78, 5) is 45.2. The van der Waals surface area contributed by atoms with Crippen LogP contribution in [0.4, 0.5) is 5.69 Å². The first-order valence-corrected chi connectivity index (χ1v) is 14.9. The van der Waals surface area contributed by atoms with Gasteiger partial charge in [0.15, 0.2) is 0 Å². The molecule has 0 saturated carbocycles. The molecule has 3 fully saturated rings. The molecule has 2 aromatic rings. The van der Waals surface area contributed by atoms with Crippen molar-refractivity contribution in [3.63, 3.8) is 0 Å². The van der Waals surface area contributed by atoms with E-state index in [4.69, 9.17) is 4.74 Å². The van der Waals surface area contributed by atoms with Crippen molar-refractivity contribution in [3.8, 4) is 0 Å². The first kappa shape index (κ1) is 27.2. The number of hydrogen-bond donors (Lipinski definition) is 1. The van der Waals surface area contributed by atoms with E-state index in [2.05, 4.69) is 22.5 Å². The predicted molar refractivity (Wildman–Crippen MR) is 153 cm³/mol. The van der Waals surface area contributed by atoms with Crippen molar-refractivity contribution in [2.45, 2.75) is 53.6 Å². The number of fused-ring (bicyclic) bond motifs is 2. The average molecular weight is 602 g/mol. The molecule has 202 valence electrons. The summed E-state index contributed by atoms with van der Waals surface area (Å²) >= 11 is 5.34. The predicted octanol–water partition coefficient (Wildman–Crippen LogP) is 4.16. The molecule has 2 aromatic carbocycles. The fourth-order valence-electron chi connectivity index (χ4n) is 6.61. The van der Waals surface area contributed by atoms with Crippen molar-refractivity contribution in [1.82, 2.24) is 4.90 Å². The van der Waals surface area contributed by atoms with Crippen molar-refractivity contribution in [2.75, 3.05) is 24.7 Å². The fourth-order valence-corrected chi connectivity index (χ4v) is 10.2. The number of rotatable bonds is 9. The van der Waals surface area contributed by atoms with E-state index in [1.807, 2.05) is 49.4 Å². The molecule has 9 heteroatoms. The molecule has 1 spiro atoms. The molecule has 7 nitrogen and oxygen atoms in total. The highest BCUT2D eigenvalue weighted by molar-refractivity contribution is 9.09. The number of esters is 1. The normalized spacial score (nSPS) is 30.4. The number of nitrogens with zero attached hydrogens (tertiary/aromatic N) is 2. The van der Waals surface area contributed by atoms with Crippen LogP contribution in [0.3, 0.4) is 0 Å². The number of aliphatic hydroxyl groups excluding tert-OH is 1. The van der Waals surface area contributed by atoms with Gasteiger partial charge in [-0.05, 0) is 42.7 Å². The molecule has 3 saturated heterocycles. The van der Waals surface area contributed by atoms with Crippen molar-refractivity contribution in [2.24, 2.45) is 11.8 Å². The number of benzene rings is 2. The molecule has 0 aromatic heterocycles. The Morgan fingerprint density at radius 1 is 1.29 bits per heavy atom. The van der Waals surface area contributed by atoms with E-state index in [0.29, 0.717) is 18.5 Å². The largest absolute Gasteiger partial charge is 0.466 e. The molecule has 0 radical (unpaired) electrons. The van der Waals surface area contributed by atoms with Gasteiger partial charge >= 0.3 is 5.97 Å². The summed E-state index contributed by atoms with van der Waals surface area (Å²) in [5.74, 6) is -2.18. The number of aliphatic hydroxyl groups is 1. The van der Waals surface area contributed by atoms with E-state index in [0.717, 1.165) is 10.8 Å². The molecule has 2 amide bonds. The van der Waals surface area contributed by atoms with Crippen molar-refractivity contribution in [3.05, 3.63) is 55.1 Å². The van der Waals surface area contributed by atoms with Crippen LogP contribution in [0.15, 0.2) is 55.1 Å². The van der Waals surface area contributed by atoms with Gasteiger partial charge in [0.25, 0.3) is 5.91 Å². The van der Waals surface area contributed by atoms with Gasteiger partial charge < -0.3 is 19.6 Å². The Morgan fingerprint density at radius 2 is 2.03 bits per heavy atom. The van der Waals surface area contributed by atoms with Gasteiger partial charge in [-0.1, -0.05) is 59.3 Å². The van der Waals surface area contributed by atoms with Crippen LogP contribution in [-0.2, 0) is 19.1 Å². The first-order chi connectivity index (χ1) is 18.3. The molecule has 7 atom stereocenters. The number of thioether (sulfide) groups is 1. The van der Waals surface area contributed by atoms with Crippen LogP contribution < -0.4 is 4.90 Å². The minimum Gasteiger partial charge on any atom is -0.466 e. The lowest BCUT2D eigenvalue weighted by Crippen LogP contribution is -2.58. The summed E-state index contributed by atoms with van der Waals surface area (Å²) in [5, 5.41) is 12.2. The fraction of sp³-hybridized carbons (Fsp3) is 0.483. The quantitative estimate of drug-likeness (QED) is 0.264. The SMILES string of the molecule is C=CCN(C(=O)C1N([C@@H](CC)CO)C(=O)[C@@H]2[C@@H](C(=O)OCC)[C@@H]3SC12CC3Br)c1ccc2ccccc2c1. The Morgan fingerprint density at radius 3 is 2.68 bits per heavy atom. The summed E-state index contributed by atoms with van der Waals surface area (Å²) < 4.78 is 4.62. The number of anilines is 1. The lowest BCUT2D eigenvalue weighted by atomic mass is 9.71. The molecule has 3 aliphatic rings. The van der Waals surface area contributed by atoms with Crippen LogP contribution >= 0.6 is 27.7 Å². The number of ether oxygens (including phenoxy) is 1. The van der Waals surface area contributed by atoms with Crippen molar-refractivity contribution >= 4 is 61.9 Å². The Balaban J connectivity index is 1.62. The maximum atomic E-state index is 14.7. The van der Waals surface area contributed by atoms with E-state index in [1.165, 1.54) is 0 Å². The lowest BCUT2D eigenvalue weighted by Gasteiger charge is -2.39. The highest BCUT2D eigenvalue weighted by Gasteiger charge is 2.76. The Labute approximate surface area is 235 Å². The molecule has 3 aliphatic heterocycles. The van der Waals surface area contributed by atoms with E-state index in [9.17, 15) is 19.5 Å². The van der Waals surface area contributed by atoms with Crippen LogP contribution in [0.2, 0.25) is 0 Å². The summed E-state index contributed by atoms with van der Waals surface area (Å²) in [6.45, 7) is 7.77. The van der Waals surface area contributed by atoms with Gasteiger partial charge in [0.2, 0.25) is 5.91 Å². The molecule has 5 rings (SSSR count). The lowest BCUT2D eigenvalue weighted by molar-refractivity contribution is -0.154. The number of likely N-dealkylation sites (tertiary alicyclic amines) is 1. The van der Waals surface area contributed by atoms with Gasteiger partial charge in [-0.3, -0.25) is 14.4 Å². The van der Waals surface area contributed by atoms with Gasteiger partial charge in [0, 0.05) is 22.3 Å². The van der Waals surface area contributed by atoms with Crippen molar-refractivity contribution < 1.29 is 24.2 Å². The smallest absolute Gasteiger partial charge is 0.310 e. The molecule has 3 heterocycles. The summed E-state index contributed by atoms with van der Waals surface area (Å²) in [5.41, 5.74) is 0.716. The Bertz CT molecular complexity index is 1270. The Kier molecular flexibility index (Phi) is 7.64. The first-order valence-electron chi connectivity index (χ1n) is 13.2. The monoisotopic (exact) mass is 600 g/mol. The van der Waals surface area contributed by atoms with Crippen LogP contribution in [-0.4, -0.2) is 74.5 Å². The maximum Gasteiger partial charge on any atom is 0.310 e. The average Bonchev–Trinajstić information content (AvgIpc) is 3.51. The minimum absolute atomic E-state index is 0.0380. The van der Waals surface area contributed by atoms with Gasteiger partial charge in [-0.2, -0.15) is 0 Å². The van der Waals surface area contributed by atoms with E-state index >= 15 is 0 Å². The number of amides is 2. The molecule has 3 unspecified atom stereocenters. The van der Waals surface area contributed by atoms with Gasteiger partial charge in [0.05, 0.1) is 35.8 Å². The third-order valence-corrected chi connectivity index (χ3v) is 11.4. The number of halogens is 1. The number of carbonyl (C=O) groups is 3.